The minimum Gasteiger partial charge on any atom is -0.314 e. The van der Waals surface area contributed by atoms with Crippen molar-refractivity contribution >= 4 is 0 Å². The quantitative estimate of drug-likeness (QED) is 0.903. The highest BCUT2D eigenvalue weighted by Gasteiger charge is 2.23. The van der Waals surface area contributed by atoms with E-state index >= 15 is 0 Å². The normalized spacial score (nSPS) is 21.0. The predicted molar refractivity (Wildman–Crippen MR) is 72.9 cm³/mol. The van der Waals surface area contributed by atoms with Crippen molar-refractivity contribution in [2.24, 2.45) is 5.92 Å². The molecule has 1 aromatic rings. The van der Waals surface area contributed by atoms with Crippen LogP contribution >= 0.6 is 0 Å². The van der Waals surface area contributed by atoms with Gasteiger partial charge in [0.05, 0.1) is 0 Å². The smallest absolute Gasteiger partial charge is 0.127 e. The van der Waals surface area contributed by atoms with Gasteiger partial charge in [0.1, 0.15) is 11.6 Å². The number of halogens is 2. The maximum Gasteiger partial charge on any atom is 0.127 e. The number of benzene rings is 1. The van der Waals surface area contributed by atoms with Crippen LogP contribution in [0.4, 0.5) is 8.78 Å². The first-order valence-electron chi connectivity index (χ1n) is 6.95. The molecule has 2 rings (SSSR count). The highest BCUT2D eigenvalue weighted by molar-refractivity contribution is 5.18. The fourth-order valence-electron chi connectivity index (χ4n) is 2.67. The van der Waals surface area contributed by atoms with Gasteiger partial charge in [-0.25, -0.2) is 8.78 Å². The molecule has 0 saturated carbocycles. The molecule has 0 aromatic heterocycles. The van der Waals surface area contributed by atoms with Crippen molar-refractivity contribution in [3.8, 4) is 0 Å². The Morgan fingerprint density at radius 2 is 2.16 bits per heavy atom. The van der Waals surface area contributed by atoms with Gasteiger partial charge in [-0.1, -0.05) is 13.8 Å². The third kappa shape index (κ3) is 3.98. The van der Waals surface area contributed by atoms with Crippen molar-refractivity contribution in [3.05, 3.63) is 35.4 Å². The second-order valence-corrected chi connectivity index (χ2v) is 5.69. The third-order valence-corrected chi connectivity index (χ3v) is 3.60. The summed E-state index contributed by atoms with van der Waals surface area (Å²) in [6, 6.07) is 4.09. The van der Waals surface area contributed by atoms with Gasteiger partial charge in [0, 0.05) is 37.8 Å². The van der Waals surface area contributed by atoms with Crippen LogP contribution < -0.4 is 5.32 Å². The zero-order chi connectivity index (χ0) is 13.8. The molecule has 1 N–H and O–H groups in total. The molecule has 1 fully saturated rings. The van der Waals surface area contributed by atoms with E-state index in [0.717, 1.165) is 26.1 Å². The molecule has 0 amide bonds. The fourth-order valence-corrected chi connectivity index (χ4v) is 2.67. The molecule has 1 aliphatic rings. The number of hydrogen-bond donors (Lipinski definition) is 1. The van der Waals surface area contributed by atoms with Crippen LogP contribution in [-0.2, 0) is 6.54 Å². The first-order chi connectivity index (χ1) is 9.06. The Labute approximate surface area is 113 Å². The molecule has 1 unspecified atom stereocenters. The van der Waals surface area contributed by atoms with E-state index in [2.05, 4.69) is 24.1 Å². The van der Waals surface area contributed by atoms with Crippen molar-refractivity contribution in [3.63, 3.8) is 0 Å². The Morgan fingerprint density at radius 1 is 1.37 bits per heavy atom. The summed E-state index contributed by atoms with van der Waals surface area (Å²) < 4.78 is 26.9. The molecular weight excluding hydrogens is 246 g/mol. The van der Waals surface area contributed by atoms with Crippen LogP contribution in [0.3, 0.4) is 0 Å². The Kier molecular flexibility index (Phi) is 4.88. The summed E-state index contributed by atoms with van der Waals surface area (Å²) in [5.74, 6) is -0.0834. The van der Waals surface area contributed by atoms with Gasteiger partial charge in [0.25, 0.3) is 0 Å². The van der Waals surface area contributed by atoms with Gasteiger partial charge >= 0.3 is 0 Å². The summed E-state index contributed by atoms with van der Waals surface area (Å²) in [6.07, 6.45) is 1.07. The van der Waals surface area contributed by atoms with Gasteiger partial charge in [-0.3, -0.25) is 4.90 Å². The number of nitrogens with zero attached hydrogens (tertiary/aromatic N) is 1. The maximum absolute atomic E-state index is 13.7. The maximum atomic E-state index is 13.7. The van der Waals surface area contributed by atoms with Crippen LogP contribution in [0, 0.1) is 17.6 Å². The van der Waals surface area contributed by atoms with Crippen LogP contribution in [0.15, 0.2) is 18.2 Å². The lowest BCUT2D eigenvalue weighted by Gasteiger charge is -2.37. The highest BCUT2D eigenvalue weighted by Crippen LogP contribution is 2.18. The topological polar surface area (TPSA) is 15.3 Å². The van der Waals surface area contributed by atoms with Crippen LogP contribution in [-0.4, -0.2) is 30.6 Å². The highest BCUT2D eigenvalue weighted by atomic mass is 19.1. The van der Waals surface area contributed by atoms with E-state index in [0.29, 0.717) is 24.1 Å². The average molecular weight is 268 g/mol. The Bertz CT molecular complexity index is 421. The summed E-state index contributed by atoms with van der Waals surface area (Å²) in [4.78, 5) is 2.26. The summed E-state index contributed by atoms with van der Waals surface area (Å²) in [6.45, 7) is 7.59. The number of piperazine rings is 1. The molecule has 1 atom stereocenters. The molecule has 106 valence electrons. The lowest BCUT2D eigenvalue weighted by molar-refractivity contribution is 0.132. The van der Waals surface area contributed by atoms with E-state index in [4.69, 9.17) is 0 Å². The van der Waals surface area contributed by atoms with Crippen LogP contribution in [0.1, 0.15) is 25.8 Å². The monoisotopic (exact) mass is 268 g/mol. The fraction of sp³-hybridized carbons (Fsp3) is 0.600. The van der Waals surface area contributed by atoms with Crippen molar-refractivity contribution in [1.29, 1.82) is 0 Å². The lowest BCUT2D eigenvalue weighted by atomic mass is 10.00. The predicted octanol–water partition coefficient (Wildman–Crippen LogP) is 2.78. The summed E-state index contributed by atoms with van der Waals surface area (Å²) >= 11 is 0. The molecular formula is C15H22F2N2. The molecule has 0 bridgehead atoms. The van der Waals surface area contributed by atoms with E-state index in [1.54, 1.807) is 0 Å². The molecule has 1 aromatic carbocycles. The number of rotatable bonds is 4. The van der Waals surface area contributed by atoms with Crippen molar-refractivity contribution < 1.29 is 8.78 Å². The first kappa shape index (κ1) is 14.4. The van der Waals surface area contributed by atoms with Crippen molar-refractivity contribution in [2.45, 2.75) is 32.9 Å². The molecule has 1 saturated heterocycles. The lowest BCUT2D eigenvalue weighted by Crippen LogP contribution is -2.51. The second-order valence-electron chi connectivity index (χ2n) is 5.69. The molecule has 1 heterocycles. The zero-order valence-corrected chi connectivity index (χ0v) is 11.6. The van der Waals surface area contributed by atoms with E-state index in [1.807, 2.05) is 0 Å². The van der Waals surface area contributed by atoms with Gasteiger partial charge in [-0.2, -0.15) is 0 Å². The average Bonchev–Trinajstić information content (AvgIpc) is 2.35. The molecule has 0 spiro atoms. The molecule has 2 nitrogen and oxygen atoms in total. The molecule has 4 heteroatoms. The van der Waals surface area contributed by atoms with E-state index in [9.17, 15) is 8.78 Å². The molecule has 1 aliphatic heterocycles. The largest absolute Gasteiger partial charge is 0.314 e. The van der Waals surface area contributed by atoms with Gasteiger partial charge in [0.15, 0.2) is 0 Å². The van der Waals surface area contributed by atoms with Gasteiger partial charge in [-0.15, -0.1) is 0 Å². The first-order valence-corrected chi connectivity index (χ1v) is 6.95. The summed E-state index contributed by atoms with van der Waals surface area (Å²) in [5, 5.41) is 3.37. The van der Waals surface area contributed by atoms with Crippen LogP contribution in [0.5, 0.6) is 0 Å². The second kappa shape index (κ2) is 6.44. The van der Waals surface area contributed by atoms with E-state index in [-0.39, 0.29) is 11.6 Å². The van der Waals surface area contributed by atoms with Crippen LogP contribution in [0.2, 0.25) is 0 Å². The van der Waals surface area contributed by atoms with Gasteiger partial charge in [-0.05, 0) is 30.5 Å². The Balaban J connectivity index is 2.08. The minimum atomic E-state index is -0.369. The standard InChI is InChI=1S/C15H22F2N2/c1-11(2)7-14-9-18-5-6-19(14)10-12-8-13(16)3-4-15(12)17/h3-4,8,11,14,18H,5-7,9-10H2,1-2H3. The van der Waals surface area contributed by atoms with Crippen LogP contribution in [0.25, 0.3) is 0 Å². The number of nitrogens with one attached hydrogen (secondary N) is 1. The molecule has 19 heavy (non-hydrogen) atoms. The molecule has 0 radical (unpaired) electrons. The third-order valence-electron chi connectivity index (χ3n) is 3.60. The summed E-state index contributed by atoms with van der Waals surface area (Å²) in [7, 11) is 0. The van der Waals surface area contributed by atoms with Crippen molar-refractivity contribution in [2.75, 3.05) is 19.6 Å². The molecule has 0 aliphatic carbocycles. The van der Waals surface area contributed by atoms with E-state index in [1.165, 1.54) is 18.2 Å². The SMILES string of the molecule is CC(C)CC1CNCCN1Cc1cc(F)ccc1F. The Hall–Kier alpha value is -1.00. The Morgan fingerprint density at radius 3 is 2.89 bits per heavy atom. The van der Waals surface area contributed by atoms with Gasteiger partial charge < -0.3 is 5.32 Å². The van der Waals surface area contributed by atoms with E-state index < -0.39 is 0 Å². The minimum absolute atomic E-state index is 0.316. The number of hydrogen-bond acceptors (Lipinski definition) is 2. The summed E-state index contributed by atoms with van der Waals surface area (Å²) in [5.41, 5.74) is 0.454. The van der Waals surface area contributed by atoms with Crippen molar-refractivity contribution in [1.82, 2.24) is 10.2 Å². The zero-order valence-electron chi connectivity index (χ0n) is 11.6. The van der Waals surface area contributed by atoms with Gasteiger partial charge in [0.2, 0.25) is 0 Å².